The average Bonchev–Trinajstić information content (AvgIpc) is 2.42. The fourth-order valence-electron chi connectivity index (χ4n) is 1.49. The fourth-order valence-corrected chi connectivity index (χ4v) is 1.67. The Labute approximate surface area is 116 Å². The van der Waals surface area contributed by atoms with E-state index >= 15 is 0 Å². The molecule has 1 aromatic carbocycles. The van der Waals surface area contributed by atoms with Crippen LogP contribution in [0.2, 0.25) is 5.02 Å². The van der Waals surface area contributed by atoms with E-state index in [0.717, 1.165) is 0 Å². The van der Waals surface area contributed by atoms with Crippen LogP contribution in [0.25, 0.3) is 0 Å². The molecule has 2 aromatic rings. The molecule has 0 aliphatic carbocycles. The summed E-state index contributed by atoms with van der Waals surface area (Å²) in [7, 11) is 0. The first-order chi connectivity index (χ1) is 9.20. The predicted molar refractivity (Wildman–Crippen MR) is 75.6 cm³/mol. The number of hydrogen-bond acceptors (Lipinski definition) is 4. The molecule has 0 atom stereocenters. The van der Waals surface area contributed by atoms with E-state index in [1.807, 2.05) is 6.92 Å². The van der Waals surface area contributed by atoms with Gasteiger partial charge in [-0.25, -0.2) is 4.98 Å². The lowest BCUT2D eigenvalue weighted by Gasteiger charge is -2.07. The van der Waals surface area contributed by atoms with E-state index in [9.17, 15) is 4.79 Å². The van der Waals surface area contributed by atoms with Crippen LogP contribution in [0.3, 0.4) is 0 Å². The molecule has 2 N–H and O–H groups in total. The lowest BCUT2D eigenvalue weighted by Crippen LogP contribution is -2.15. The van der Waals surface area contributed by atoms with Crippen molar-refractivity contribution < 1.29 is 4.79 Å². The summed E-state index contributed by atoms with van der Waals surface area (Å²) in [6.07, 6.45) is 2.97. The zero-order valence-electron chi connectivity index (χ0n) is 10.4. The maximum atomic E-state index is 12.0. The van der Waals surface area contributed by atoms with Gasteiger partial charge in [0.25, 0.3) is 5.91 Å². The highest BCUT2D eigenvalue weighted by atomic mass is 35.5. The minimum Gasteiger partial charge on any atom is -0.369 e. The Morgan fingerprint density at radius 3 is 2.84 bits per heavy atom. The number of amides is 1. The largest absolute Gasteiger partial charge is 0.369 e. The summed E-state index contributed by atoms with van der Waals surface area (Å²) in [5, 5.41) is 6.17. The van der Waals surface area contributed by atoms with E-state index < -0.39 is 0 Å². The van der Waals surface area contributed by atoms with Crippen LogP contribution in [0.1, 0.15) is 17.4 Å². The fraction of sp³-hybridized carbons (Fsp3) is 0.154. The SMILES string of the molecule is CCNc1cncc(C(=O)Nc2ccccc2Cl)n1. The van der Waals surface area contributed by atoms with E-state index in [1.165, 1.54) is 6.20 Å². The number of para-hydroxylation sites is 1. The van der Waals surface area contributed by atoms with Crippen molar-refractivity contribution in [2.24, 2.45) is 0 Å². The Bertz CT molecular complexity index is 588. The minimum absolute atomic E-state index is 0.235. The Morgan fingerprint density at radius 1 is 1.32 bits per heavy atom. The molecule has 5 nitrogen and oxygen atoms in total. The number of nitrogens with zero attached hydrogens (tertiary/aromatic N) is 2. The number of hydrogen-bond donors (Lipinski definition) is 2. The van der Waals surface area contributed by atoms with Crippen LogP contribution >= 0.6 is 11.6 Å². The number of halogens is 1. The van der Waals surface area contributed by atoms with Crippen molar-refractivity contribution in [1.29, 1.82) is 0 Å². The van der Waals surface area contributed by atoms with E-state index in [1.54, 1.807) is 30.5 Å². The standard InChI is InChI=1S/C13H13ClN4O/c1-2-16-12-8-15-7-11(17-12)13(19)18-10-6-4-3-5-9(10)14/h3-8H,2H2,1H3,(H,16,17)(H,18,19). The molecule has 0 fully saturated rings. The molecule has 0 radical (unpaired) electrons. The Kier molecular flexibility index (Phi) is 4.30. The topological polar surface area (TPSA) is 66.9 Å². The van der Waals surface area contributed by atoms with E-state index in [4.69, 9.17) is 11.6 Å². The number of rotatable bonds is 4. The van der Waals surface area contributed by atoms with Crippen molar-refractivity contribution in [2.45, 2.75) is 6.92 Å². The lowest BCUT2D eigenvalue weighted by atomic mass is 10.3. The Balaban J connectivity index is 2.16. The molecule has 0 bridgehead atoms. The number of benzene rings is 1. The van der Waals surface area contributed by atoms with Gasteiger partial charge in [0.2, 0.25) is 0 Å². The van der Waals surface area contributed by atoms with Gasteiger partial charge in [0.05, 0.1) is 23.1 Å². The van der Waals surface area contributed by atoms with Gasteiger partial charge in [0.15, 0.2) is 0 Å². The zero-order valence-corrected chi connectivity index (χ0v) is 11.1. The molecule has 1 heterocycles. The van der Waals surface area contributed by atoms with Crippen LogP contribution in [-0.2, 0) is 0 Å². The highest BCUT2D eigenvalue weighted by Crippen LogP contribution is 2.20. The lowest BCUT2D eigenvalue weighted by molar-refractivity contribution is 0.102. The molecule has 2 rings (SSSR count). The van der Waals surface area contributed by atoms with E-state index in [0.29, 0.717) is 23.1 Å². The van der Waals surface area contributed by atoms with Crippen LogP contribution in [0.15, 0.2) is 36.7 Å². The molecule has 0 unspecified atom stereocenters. The van der Waals surface area contributed by atoms with Gasteiger partial charge in [-0.3, -0.25) is 9.78 Å². The Hall–Kier alpha value is -2.14. The van der Waals surface area contributed by atoms with Gasteiger partial charge in [-0.05, 0) is 19.1 Å². The molecule has 1 amide bonds. The molecule has 0 saturated heterocycles. The third-order valence-electron chi connectivity index (χ3n) is 2.35. The zero-order chi connectivity index (χ0) is 13.7. The highest BCUT2D eigenvalue weighted by Gasteiger charge is 2.10. The van der Waals surface area contributed by atoms with Gasteiger partial charge >= 0.3 is 0 Å². The van der Waals surface area contributed by atoms with Crippen LogP contribution in [0.5, 0.6) is 0 Å². The number of carbonyl (C=O) groups is 1. The first-order valence-corrected chi connectivity index (χ1v) is 6.20. The van der Waals surface area contributed by atoms with Crippen molar-refractivity contribution in [2.75, 3.05) is 17.2 Å². The number of nitrogens with one attached hydrogen (secondary N) is 2. The second-order valence-electron chi connectivity index (χ2n) is 3.75. The summed E-state index contributed by atoms with van der Waals surface area (Å²) < 4.78 is 0. The molecular weight excluding hydrogens is 264 g/mol. The maximum Gasteiger partial charge on any atom is 0.275 e. The summed E-state index contributed by atoms with van der Waals surface area (Å²) in [5.74, 6) is 0.217. The molecule has 98 valence electrons. The van der Waals surface area contributed by atoms with Gasteiger partial charge in [-0.1, -0.05) is 23.7 Å². The molecule has 0 aliphatic rings. The summed E-state index contributed by atoms with van der Waals surface area (Å²) in [6, 6.07) is 7.02. The molecule has 0 spiro atoms. The molecular formula is C13H13ClN4O. The molecule has 0 saturated carbocycles. The Morgan fingerprint density at radius 2 is 2.11 bits per heavy atom. The number of aromatic nitrogens is 2. The quantitative estimate of drug-likeness (QED) is 0.901. The van der Waals surface area contributed by atoms with Crippen molar-refractivity contribution in [3.8, 4) is 0 Å². The summed E-state index contributed by atoms with van der Waals surface area (Å²) in [6.45, 7) is 2.66. The normalized spacial score (nSPS) is 10.0. The van der Waals surface area contributed by atoms with E-state index in [-0.39, 0.29) is 11.6 Å². The monoisotopic (exact) mass is 276 g/mol. The predicted octanol–water partition coefficient (Wildman–Crippen LogP) is 2.81. The summed E-state index contributed by atoms with van der Waals surface area (Å²) >= 11 is 5.97. The number of anilines is 2. The van der Waals surface area contributed by atoms with Crippen LogP contribution in [-0.4, -0.2) is 22.4 Å². The van der Waals surface area contributed by atoms with E-state index in [2.05, 4.69) is 20.6 Å². The van der Waals surface area contributed by atoms with Gasteiger partial charge in [-0.2, -0.15) is 0 Å². The molecule has 19 heavy (non-hydrogen) atoms. The summed E-state index contributed by atoms with van der Waals surface area (Å²) in [4.78, 5) is 20.2. The molecule has 0 aliphatic heterocycles. The van der Waals surface area contributed by atoms with Crippen LogP contribution in [0.4, 0.5) is 11.5 Å². The highest BCUT2D eigenvalue weighted by molar-refractivity contribution is 6.33. The smallest absolute Gasteiger partial charge is 0.275 e. The second-order valence-corrected chi connectivity index (χ2v) is 4.16. The van der Waals surface area contributed by atoms with Crippen LogP contribution in [0, 0.1) is 0 Å². The van der Waals surface area contributed by atoms with Crippen LogP contribution < -0.4 is 10.6 Å². The third-order valence-corrected chi connectivity index (χ3v) is 2.68. The first kappa shape index (κ1) is 13.3. The minimum atomic E-state index is -0.347. The van der Waals surface area contributed by atoms with Gasteiger partial charge in [0.1, 0.15) is 11.5 Å². The second kappa shape index (κ2) is 6.15. The van der Waals surface area contributed by atoms with Gasteiger partial charge in [0, 0.05) is 6.54 Å². The van der Waals surface area contributed by atoms with Crippen molar-refractivity contribution >= 4 is 29.0 Å². The molecule has 1 aromatic heterocycles. The van der Waals surface area contributed by atoms with Crippen molar-refractivity contribution in [1.82, 2.24) is 9.97 Å². The van der Waals surface area contributed by atoms with Crippen molar-refractivity contribution in [3.63, 3.8) is 0 Å². The van der Waals surface area contributed by atoms with Gasteiger partial charge < -0.3 is 10.6 Å². The molecule has 6 heteroatoms. The van der Waals surface area contributed by atoms with Crippen molar-refractivity contribution in [3.05, 3.63) is 47.4 Å². The third kappa shape index (κ3) is 3.42. The maximum absolute atomic E-state index is 12.0. The summed E-state index contributed by atoms with van der Waals surface area (Å²) in [5.41, 5.74) is 0.781. The average molecular weight is 277 g/mol. The van der Waals surface area contributed by atoms with Gasteiger partial charge in [-0.15, -0.1) is 0 Å². The first-order valence-electron chi connectivity index (χ1n) is 5.82. The number of carbonyl (C=O) groups excluding carboxylic acids is 1.